The van der Waals surface area contributed by atoms with Gasteiger partial charge in [0.2, 0.25) is 5.91 Å². The fourth-order valence-corrected chi connectivity index (χ4v) is 4.20. The second-order valence-corrected chi connectivity index (χ2v) is 9.10. The van der Waals surface area contributed by atoms with E-state index in [0.717, 1.165) is 0 Å². The largest absolute Gasteiger partial charge is 0.409 e. The molecular formula is C27H33N5O7. The highest BCUT2D eigenvalue weighted by Crippen LogP contribution is 2.22. The van der Waals surface area contributed by atoms with Crippen LogP contribution in [0.1, 0.15) is 53.3 Å². The van der Waals surface area contributed by atoms with Gasteiger partial charge in [0.1, 0.15) is 18.1 Å². The zero-order valence-corrected chi connectivity index (χ0v) is 21.6. The first-order valence-electron chi connectivity index (χ1n) is 12.6. The van der Waals surface area contributed by atoms with Gasteiger partial charge in [0.15, 0.2) is 0 Å². The molecule has 1 heterocycles. The van der Waals surface area contributed by atoms with E-state index in [4.69, 9.17) is 10.6 Å². The lowest BCUT2D eigenvalue weighted by atomic mass is 9.99. The predicted octanol–water partition coefficient (Wildman–Crippen LogP) is 1.80. The van der Waals surface area contributed by atoms with Crippen LogP contribution in [0.4, 0.5) is 0 Å². The summed E-state index contributed by atoms with van der Waals surface area (Å²) in [6, 6.07) is 17.2. The highest BCUT2D eigenvalue weighted by Gasteiger charge is 2.34. The van der Waals surface area contributed by atoms with Crippen LogP contribution in [0.25, 0.3) is 0 Å². The molecule has 0 bridgehead atoms. The molecule has 3 amide bonds. The van der Waals surface area contributed by atoms with E-state index in [1.54, 1.807) is 60.7 Å². The van der Waals surface area contributed by atoms with Gasteiger partial charge >= 0.3 is 5.97 Å². The normalized spacial score (nSPS) is 18.1. The van der Waals surface area contributed by atoms with Crippen LogP contribution in [0.15, 0.2) is 65.8 Å². The molecule has 208 valence electrons. The Kier molecular flexibility index (Phi) is 10.8. The monoisotopic (exact) mass is 539 g/mol. The Morgan fingerprint density at radius 2 is 1.67 bits per heavy atom. The summed E-state index contributed by atoms with van der Waals surface area (Å²) in [6.07, 6.45) is -0.457. The number of amidine groups is 1. The summed E-state index contributed by atoms with van der Waals surface area (Å²) in [5.74, 6) is -2.29. The summed E-state index contributed by atoms with van der Waals surface area (Å²) in [6.45, 7) is 1.51. The molecule has 5 N–H and O–H groups in total. The molecule has 39 heavy (non-hydrogen) atoms. The minimum absolute atomic E-state index is 0.00920. The van der Waals surface area contributed by atoms with E-state index in [2.05, 4.69) is 20.7 Å². The molecule has 1 aliphatic rings. The molecule has 1 saturated heterocycles. The van der Waals surface area contributed by atoms with E-state index in [-0.39, 0.29) is 55.9 Å². The molecular weight excluding hydrogens is 506 g/mol. The number of likely N-dealkylation sites (tertiary alicyclic amines) is 1. The number of amides is 3. The predicted molar refractivity (Wildman–Crippen MR) is 140 cm³/mol. The van der Waals surface area contributed by atoms with Crippen LogP contribution in [-0.2, 0) is 19.4 Å². The van der Waals surface area contributed by atoms with Gasteiger partial charge in [0, 0.05) is 49.9 Å². The number of benzene rings is 2. The number of carbonyl (C=O) groups is 4. The Labute approximate surface area is 226 Å². The van der Waals surface area contributed by atoms with Crippen molar-refractivity contribution in [2.45, 2.75) is 44.9 Å². The van der Waals surface area contributed by atoms with Crippen molar-refractivity contribution in [1.82, 2.24) is 15.5 Å². The molecule has 0 aromatic heterocycles. The lowest BCUT2D eigenvalue weighted by molar-refractivity contribution is -0.303. The average molecular weight is 540 g/mol. The summed E-state index contributed by atoms with van der Waals surface area (Å²) in [4.78, 5) is 61.1. The molecule has 3 unspecified atom stereocenters. The van der Waals surface area contributed by atoms with Gasteiger partial charge in [-0.05, 0) is 37.1 Å². The third-order valence-electron chi connectivity index (χ3n) is 6.30. The van der Waals surface area contributed by atoms with Crippen LogP contribution in [0.3, 0.4) is 0 Å². The quantitative estimate of drug-likeness (QED) is 0.110. The Morgan fingerprint density at radius 1 is 1.05 bits per heavy atom. The number of carbonyl (C=O) groups excluding carboxylic acids is 4. The highest BCUT2D eigenvalue weighted by molar-refractivity contribution is 5.95. The maximum Gasteiger partial charge on any atom is 0.339 e. The van der Waals surface area contributed by atoms with Gasteiger partial charge in [-0.1, -0.05) is 41.6 Å². The Morgan fingerprint density at radius 3 is 2.26 bits per heavy atom. The lowest BCUT2D eigenvalue weighted by Crippen LogP contribution is -2.56. The number of nitrogens with two attached hydrogens (primary N) is 1. The van der Waals surface area contributed by atoms with Gasteiger partial charge in [-0.2, -0.15) is 4.89 Å². The smallest absolute Gasteiger partial charge is 0.339 e. The maximum absolute atomic E-state index is 13.3. The molecule has 1 fully saturated rings. The van der Waals surface area contributed by atoms with E-state index in [9.17, 15) is 24.4 Å². The first kappa shape index (κ1) is 29.1. The third-order valence-corrected chi connectivity index (χ3v) is 6.30. The van der Waals surface area contributed by atoms with Crippen molar-refractivity contribution in [2.75, 3.05) is 13.1 Å². The molecule has 2 aromatic rings. The van der Waals surface area contributed by atoms with Gasteiger partial charge in [0.05, 0.1) is 0 Å². The molecule has 0 aliphatic carbocycles. The number of oxime groups is 1. The summed E-state index contributed by atoms with van der Waals surface area (Å²) in [7, 11) is 0. The molecule has 3 atom stereocenters. The van der Waals surface area contributed by atoms with Gasteiger partial charge in [-0.3, -0.25) is 19.3 Å². The Bertz CT molecular complexity index is 1160. The van der Waals surface area contributed by atoms with E-state index in [0.29, 0.717) is 17.5 Å². The summed E-state index contributed by atoms with van der Waals surface area (Å²) in [5, 5.41) is 17.9. The van der Waals surface area contributed by atoms with Crippen LogP contribution >= 0.6 is 0 Å². The molecule has 0 saturated carbocycles. The zero-order valence-electron chi connectivity index (χ0n) is 21.6. The summed E-state index contributed by atoms with van der Waals surface area (Å²) < 4.78 is 0. The highest BCUT2D eigenvalue weighted by atomic mass is 17.2. The van der Waals surface area contributed by atoms with E-state index < -0.39 is 24.2 Å². The Hall–Kier alpha value is -4.45. The van der Waals surface area contributed by atoms with Crippen molar-refractivity contribution >= 4 is 29.5 Å². The number of rotatable bonds is 11. The van der Waals surface area contributed by atoms with Crippen molar-refractivity contribution in [3.05, 3.63) is 71.8 Å². The maximum atomic E-state index is 13.3. The number of nitrogens with zero attached hydrogens (tertiary/aromatic N) is 2. The van der Waals surface area contributed by atoms with Crippen molar-refractivity contribution in [3.63, 3.8) is 0 Å². The van der Waals surface area contributed by atoms with Crippen molar-refractivity contribution in [3.8, 4) is 0 Å². The van der Waals surface area contributed by atoms with Crippen LogP contribution in [0, 0.1) is 5.92 Å². The first-order valence-corrected chi connectivity index (χ1v) is 12.6. The first-order chi connectivity index (χ1) is 18.8. The number of nitrogens with one attached hydrogen (secondary N) is 2. The zero-order chi connectivity index (χ0) is 28.2. The second-order valence-electron chi connectivity index (χ2n) is 9.10. The summed E-state index contributed by atoms with van der Waals surface area (Å²) >= 11 is 0. The minimum Gasteiger partial charge on any atom is -0.409 e. The van der Waals surface area contributed by atoms with Gasteiger partial charge in [-0.25, -0.2) is 4.79 Å². The van der Waals surface area contributed by atoms with Gasteiger partial charge in [0.25, 0.3) is 11.8 Å². The molecule has 2 aromatic carbocycles. The van der Waals surface area contributed by atoms with Crippen LogP contribution < -0.4 is 16.4 Å². The Balaban J connectivity index is 1.64. The second kappa shape index (κ2) is 14.5. The minimum atomic E-state index is -0.723. The molecule has 12 heteroatoms. The van der Waals surface area contributed by atoms with Crippen LogP contribution in [0.2, 0.25) is 0 Å². The lowest BCUT2D eigenvalue weighted by Gasteiger charge is -2.39. The van der Waals surface area contributed by atoms with Crippen LogP contribution in [0.5, 0.6) is 0 Å². The third kappa shape index (κ3) is 8.82. The van der Waals surface area contributed by atoms with E-state index in [1.165, 1.54) is 11.8 Å². The molecule has 0 radical (unpaired) electrons. The number of hydrogen-bond acceptors (Lipinski definition) is 8. The van der Waals surface area contributed by atoms with Gasteiger partial charge in [-0.15, -0.1) is 0 Å². The van der Waals surface area contributed by atoms with Gasteiger partial charge < -0.3 is 26.5 Å². The van der Waals surface area contributed by atoms with E-state index >= 15 is 0 Å². The standard InChI is InChI=1S/C27H33N5O7/c1-18(33)38-39-22-14-15-32(23(16-22)30-27(36)20-10-6-3-7-11-20)24(34)13-12-21(25(28)31-37)17-29-26(35)19-8-4-2-5-9-19/h2-11,21-23,37H,12-17H2,1H3,(H2,28,31)(H,29,35)(H,30,36). The van der Waals surface area contributed by atoms with Crippen molar-refractivity contribution in [1.29, 1.82) is 0 Å². The molecule has 1 aliphatic heterocycles. The fourth-order valence-electron chi connectivity index (χ4n) is 4.20. The van der Waals surface area contributed by atoms with Crippen molar-refractivity contribution in [2.24, 2.45) is 16.8 Å². The van der Waals surface area contributed by atoms with E-state index in [1.807, 2.05) is 0 Å². The average Bonchev–Trinajstić information content (AvgIpc) is 2.96. The molecule has 12 nitrogen and oxygen atoms in total. The topological polar surface area (TPSA) is 173 Å². The number of piperidine rings is 1. The fraction of sp³-hybridized carbons (Fsp3) is 0.370. The van der Waals surface area contributed by atoms with Crippen molar-refractivity contribution < 1.29 is 34.2 Å². The SMILES string of the molecule is CC(=O)OOC1CCN(C(=O)CCC(CNC(=O)c2ccccc2)C(N)=NO)C(NC(=O)c2ccccc2)C1. The van der Waals surface area contributed by atoms with Crippen LogP contribution in [-0.4, -0.2) is 65.0 Å². The summed E-state index contributed by atoms with van der Waals surface area (Å²) in [5.41, 5.74) is 6.74. The number of hydrogen-bond donors (Lipinski definition) is 4. The molecule has 0 spiro atoms. The molecule has 3 rings (SSSR count).